The average molecular weight is 504 g/mol. The predicted octanol–water partition coefficient (Wildman–Crippen LogP) is 1.26. The summed E-state index contributed by atoms with van der Waals surface area (Å²) in [6.45, 7) is 0.453. The van der Waals surface area contributed by atoms with Crippen molar-refractivity contribution in [1.82, 2.24) is 10.3 Å². The molecule has 1 aliphatic rings. The molecule has 0 aromatic carbocycles. The fraction of sp³-hybridized carbons (Fsp3) is 0.526. The SMILES string of the molecule is O=C(CCSSc1ccccn1)NCCCCCC(=O)OC1C(=O)CC(S(=O)(=O)[O-])C1=O. The molecule has 0 saturated heterocycles. The lowest BCUT2D eigenvalue weighted by molar-refractivity contribution is -0.157. The summed E-state index contributed by atoms with van der Waals surface area (Å²) in [4.78, 5) is 51.3. The first-order chi connectivity index (χ1) is 15.2. The van der Waals surface area contributed by atoms with Crippen molar-refractivity contribution in [2.75, 3.05) is 12.3 Å². The number of esters is 1. The highest BCUT2D eigenvalue weighted by molar-refractivity contribution is 8.76. The molecule has 0 radical (unpaired) electrons. The van der Waals surface area contributed by atoms with E-state index in [0.717, 1.165) is 5.03 Å². The first-order valence-corrected chi connectivity index (χ1v) is 13.7. The molecule has 0 bridgehead atoms. The van der Waals surface area contributed by atoms with Crippen LogP contribution in [0.15, 0.2) is 29.4 Å². The van der Waals surface area contributed by atoms with Gasteiger partial charge < -0.3 is 14.6 Å². The Labute approximate surface area is 193 Å². The molecule has 1 N–H and O–H groups in total. The third-order valence-electron chi connectivity index (χ3n) is 4.43. The third kappa shape index (κ3) is 8.88. The van der Waals surface area contributed by atoms with E-state index in [1.807, 2.05) is 18.2 Å². The minimum Gasteiger partial charge on any atom is -0.747 e. The second-order valence-corrected chi connectivity index (χ2v) is 10.9. The van der Waals surface area contributed by atoms with E-state index in [9.17, 15) is 32.1 Å². The fourth-order valence-electron chi connectivity index (χ4n) is 2.80. The van der Waals surface area contributed by atoms with E-state index in [4.69, 9.17) is 4.74 Å². The van der Waals surface area contributed by atoms with E-state index < -0.39 is 45.4 Å². The standard InChI is InChI=1S/C19H24N2O8S3/c22-13-12-14(32(26,27)28)18(25)19(13)29-17(24)7-2-1-4-9-20-15(23)8-11-30-31-16-6-3-5-10-21-16/h3,5-6,10,14,19H,1-2,4,7-9,11-12H2,(H,20,23)(H,26,27,28)/p-1. The lowest BCUT2D eigenvalue weighted by Gasteiger charge is -2.13. The van der Waals surface area contributed by atoms with E-state index in [0.29, 0.717) is 38.0 Å². The molecular weight excluding hydrogens is 480 g/mol. The lowest BCUT2D eigenvalue weighted by Crippen LogP contribution is -2.33. The van der Waals surface area contributed by atoms with Crippen LogP contribution in [0, 0.1) is 0 Å². The number of nitrogens with zero attached hydrogens (tertiary/aromatic N) is 1. The summed E-state index contributed by atoms with van der Waals surface area (Å²) in [6.07, 6.45) is 1.08. The van der Waals surface area contributed by atoms with Gasteiger partial charge in [0.15, 0.2) is 11.6 Å². The number of nitrogens with one attached hydrogen (secondary N) is 1. The van der Waals surface area contributed by atoms with Gasteiger partial charge in [-0.2, -0.15) is 0 Å². The fourth-order valence-corrected chi connectivity index (χ4v) is 5.44. The summed E-state index contributed by atoms with van der Waals surface area (Å²) in [5.74, 6) is -2.30. The van der Waals surface area contributed by atoms with E-state index in [2.05, 4.69) is 10.3 Å². The number of hydrogen-bond donors (Lipinski definition) is 1. The number of carbonyl (C=O) groups is 4. The second kappa shape index (κ2) is 12.9. The third-order valence-corrected chi connectivity index (χ3v) is 7.79. The Hall–Kier alpha value is -1.96. The van der Waals surface area contributed by atoms with Gasteiger partial charge in [0.1, 0.15) is 20.4 Å². The molecule has 10 nitrogen and oxygen atoms in total. The van der Waals surface area contributed by atoms with E-state index in [1.54, 1.807) is 17.0 Å². The molecule has 176 valence electrons. The van der Waals surface area contributed by atoms with Crippen molar-refractivity contribution in [3.8, 4) is 0 Å². The van der Waals surface area contributed by atoms with Gasteiger partial charge in [-0.1, -0.05) is 23.3 Å². The first kappa shape index (κ1) is 26.3. The smallest absolute Gasteiger partial charge is 0.306 e. The molecule has 1 aliphatic carbocycles. The van der Waals surface area contributed by atoms with Crippen LogP contribution in [0.4, 0.5) is 0 Å². The van der Waals surface area contributed by atoms with Crippen molar-refractivity contribution in [2.45, 2.75) is 54.9 Å². The van der Waals surface area contributed by atoms with E-state index in [-0.39, 0.29) is 12.3 Å². The highest BCUT2D eigenvalue weighted by Gasteiger charge is 2.46. The summed E-state index contributed by atoms with van der Waals surface area (Å²) < 4.78 is 37.7. The highest BCUT2D eigenvalue weighted by atomic mass is 33.1. The Kier molecular flexibility index (Phi) is 10.6. The van der Waals surface area contributed by atoms with Crippen LogP contribution in [-0.2, 0) is 34.0 Å². The molecule has 0 aliphatic heterocycles. The summed E-state index contributed by atoms with van der Waals surface area (Å²) >= 11 is 0. The zero-order valence-electron chi connectivity index (χ0n) is 17.1. The summed E-state index contributed by atoms with van der Waals surface area (Å²) in [6, 6.07) is 5.63. The van der Waals surface area contributed by atoms with E-state index in [1.165, 1.54) is 10.8 Å². The van der Waals surface area contributed by atoms with Gasteiger partial charge in [-0.15, -0.1) is 0 Å². The maximum absolute atomic E-state index is 11.8. The molecule has 2 unspecified atom stereocenters. The van der Waals surface area contributed by atoms with Gasteiger partial charge >= 0.3 is 5.97 Å². The van der Waals surface area contributed by atoms with Gasteiger partial charge in [0.25, 0.3) is 0 Å². The number of ketones is 2. The summed E-state index contributed by atoms with van der Waals surface area (Å²) in [5, 5.41) is 1.69. The Morgan fingerprint density at radius 3 is 2.62 bits per heavy atom. The minimum absolute atomic E-state index is 0.0683. The maximum Gasteiger partial charge on any atom is 0.306 e. The number of Topliss-reactive ketones (excluding diaryl/α,β-unsaturated/α-hetero) is 2. The Bertz CT molecular complexity index is 924. The lowest BCUT2D eigenvalue weighted by atomic mass is 10.2. The number of aromatic nitrogens is 1. The van der Waals surface area contributed by atoms with Crippen LogP contribution in [0.3, 0.4) is 0 Å². The molecular formula is C19H23N2O8S3-. The Morgan fingerprint density at radius 1 is 1.19 bits per heavy atom. The highest BCUT2D eigenvalue weighted by Crippen LogP contribution is 2.29. The second-order valence-electron chi connectivity index (χ2n) is 6.91. The van der Waals surface area contributed by atoms with Crippen molar-refractivity contribution in [1.29, 1.82) is 0 Å². The molecule has 1 heterocycles. The van der Waals surface area contributed by atoms with Gasteiger partial charge in [0.2, 0.25) is 12.0 Å². The number of carbonyl (C=O) groups excluding carboxylic acids is 4. The minimum atomic E-state index is -4.96. The molecule has 1 fully saturated rings. The predicted molar refractivity (Wildman–Crippen MR) is 117 cm³/mol. The van der Waals surface area contributed by atoms with Crippen molar-refractivity contribution >= 4 is 55.1 Å². The topological polar surface area (TPSA) is 160 Å². The van der Waals surface area contributed by atoms with Crippen LogP contribution >= 0.6 is 21.6 Å². The molecule has 32 heavy (non-hydrogen) atoms. The molecule has 0 spiro atoms. The zero-order chi connectivity index (χ0) is 23.6. The molecule has 1 aromatic heterocycles. The van der Waals surface area contributed by atoms with Gasteiger partial charge in [0, 0.05) is 37.8 Å². The number of ether oxygens (including phenoxy) is 1. The molecule has 2 rings (SSSR count). The number of unbranched alkanes of at least 4 members (excludes halogenated alkanes) is 2. The molecule has 2 atom stereocenters. The van der Waals surface area contributed by atoms with Crippen LogP contribution in [0.2, 0.25) is 0 Å². The van der Waals surface area contributed by atoms with Gasteiger partial charge in [-0.25, -0.2) is 13.4 Å². The molecule has 1 aromatic rings. The van der Waals surface area contributed by atoms with Crippen LogP contribution in [0.5, 0.6) is 0 Å². The van der Waals surface area contributed by atoms with Crippen LogP contribution in [0.1, 0.15) is 38.5 Å². The molecule has 13 heteroatoms. The van der Waals surface area contributed by atoms with Crippen molar-refractivity contribution in [2.24, 2.45) is 0 Å². The summed E-state index contributed by atoms with van der Waals surface area (Å²) in [7, 11) is -1.91. The van der Waals surface area contributed by atoms with Crippen molar-refractivity contribution in [3.05, 3.63) is 24.4 Å². The number of hydrogen-bond acceptors (Lipinski definition) is 11. The van der Waals surface area contributed by atoms with Crippen LogP contribution < -0.4 is 5.32 Å². The first-order valence-electron chi connectivity index (χ1n) is 9.86. The maximum atomic E-state index is 11.8. The van der Waals surface area contributed by atoms with Gasteiger partial charge in [-0.05, 0) is 35.8 Å². The van der Waals surface area contributed by atoms with Crippen molar-refractivity contribution < 1.29 is 36.9 Å². The quantitative estimate of drug-likeness (QED) is 0.136. The number of rotatable bonds is 13. The van der Waals surface area contributed by atoms with E-state index >= 15 is 0 Å². The Morgan fingerprint density at radius 2 is 1.97 bits per heavy atom. The average Bonchev–Trinajstić information content (AvgIpc) is 3.03. The van der Waals surface area contributed by atoms with Crippen LogP contribution in [-0.4, -0.2) is 65.0 Å². The largest absolute Gasteiger partial charge is 0.747 e. The monoisotopic (exact) mass is 503 g/mol. The van der Waals surface area contributed by atoms with Crippen molar-refractivity contribution in [3.63, 3.8) is 0 Å². The normalized spacial score (nSPS) is 18.5. The van der Waals surface area contributed by atoms with Crippen LogP contribution in [0.25, 0.3) is 0 Å². The zero-order valence-corrected chi connectivity index (χ0v) is 19.5. The van der Waals surface area contributed by atoms with Gasteiger partial charge in [-0.3, -0.25) is 19.2 Å². The Balaban J connectivity index is 1.51. The van der Waals surface area contributed by atoms with Gasteiger partial charge in [0.05, 0.1) is 0 Å². The molecule has 1 amide bonds. The number of pyridine rings is 1. The summed E-state index contributed by atoms with van der Waals surface area (Å²) in [5.41, 5.74) is 0. The molecule has 1 saturated carbocycles. The number of amides is 1.